The fraction of sp³-hybridized carbons (Fsp3) is 0.414. The third-order valence-corrected chi connectivity index (χ3v) is 8.03. The van der Waals surface area contributed by atoms with Gasteiger partial charge in [0.05, 0.1) is 23.8 Å². The average molecular weight is 555 g/mol. The lowest BCUT2D eigenvalue weighted by Crippen LogP contribution is -2.74. The minimum absolute atomic E-state index is 0.101. The maximum Gasteiger partial charge on any atom is 0.241 e. The van der Waals surface area contributed by atoms with Gasteiger partial charge in [-0.05, 0) is 43.4 Å². The van der Waals surface area contributed by atoms with E-state index in [4.69, 9.17) is 10.5 Å². The zero-order chi connectivity index (χ0) is 28.3. The molecule has 10 heteroatoms. The molecule has 1 saturated heterocycles. The molecule has 0 aliphatic carbocycles. The molecule has 39 heavy (non-hydrogen) atoms. The van der Waals surface area contributed by atoms with Gasteiger partial charge in [-0.1, -0.05) is 42.5 Å². The molecular weight excluding hydrogens is 519 g/mol. The van der Waals surface area contributed by atoms with E-state index in [1.54, 1.807) is 32.1 Å². The number of carbonyl (C=O) groups excluding carboxylic acids is 3. The number of amides is 1. The van der Waals surface area contributed by atoms with E-state index >= 15 is 0 Å². The summed E-state index contributed by atoms with van der Waals surface area (Å²) in [6.07, 6.45) is 4.52. The number of nitrogens with two attached hydrogens (primary N) is 1. The summed E-state index contributed by atoms with van der Waals surface area (Å²) >= 11 is 1.48. The van der Waals surface area contributed by atoms with E-state index < -0.39 is 22.6 Å². The number of fused-ring (bicyclic) bond motifs is 1. The quantitative estimate of drug-likeness (QED) is 0.409. The van der Waals surface area contributed by atoms with Gasteiger partial charge in [0.25, 0.3) is 0 Å². The van der Waals surface area contributed by atoms with Crippen LogP contribution >= 0.6 is 11.8 Å². The highest BCUT2D eigenvalue weighted by Gasteiger charge is 2.55. The first-order chi connectivity index (χ1) is 18.5. The van der Waals surface area contributed by atoms with Crippen LogP contribution in [0.25, 0.3) is 0 Å². The number of piperazine rings is 1. The van der Waals surface area contributed by atoms with Gasteiger partial charge in [0.15, 0.2) is 17.7 Å². The van der Waals surface area contributed by atoms with Crippen LogP contribution in [-0.4, -0.2) is 77.0 Å². The van der Waals surface area contributed by atoms with E-state index in [1.807, 2.05) is 41.5 Å². The number of carbonyl (C=O) groups is 3. The minimum atomic E-state index is -1.56. The standard InChI is InChI=1S/C29H35FN4O4S/c1-27(2,31)26(37)32-29(19-35,20-38-17-22-7-5-4-6-8-22)33-13-14-34-25(39-3)15-24(36)28(34,18-33)16-21-9-11-23(30)12-10-21/h4-12,15,19H,13-14,16-18,20,31H2,1-3H3,(H,32,37)/t28-,29-/m0/s1. The summed E-state index contributed by atoms with van der Waals surface area (Å²) in [5, 5.41) is 3.69. The van der Waals surface area contributed by atoms with Crippen molar-refractivity contribution in [3.05, 3.63) is 82.6 Å². The summed E-state index contributed by atoms with van der Waals surface area (Å²) in [6, 6.07) is 15.6. The predicted octanol–water partition coefficient (Wildman–Crippen LogP) is 2.48. The lowest BCUT2D eigenvalue weighted by Gasteiger charge is -2.52. The second kappa shape index (κ2) is 11.6. The van der Waals surface area contributed by atoms with E-state index in [0.717, 1.165) is 16.2 Å². The van der Waals surface area contributed by atoms with Crippen molar-refractivity contribution in [3.63, 3.8) is 0 Å². The number of ether oxygens (including phenoxy) is 1. The van der Waals surface area contributed by atoms with Gasteiger partial charge in [0.1, 0.15) is 11.4 Å². The summed E-state index contributed by atoms with van der Waals surface area (Å²) in [4.78, 5) is 43.5. The third kappa shape index (κ3) is 6.09. The Balaban J connectivity index is 1.68. The molecule has 2 aromatic carbocycles. The molecule has 8 nitrogen and oxygen atoms in total. The molecule has 0 saturated carbocycles. The molecule has 2 heterocycles. The number of halogens is 1. The van der Waals surface area contributed by atoms with Gasteiger partial charge in [0, 0.05) is 32.1 Å². The van der Waals surface area contributed by atoms with Crippen molar-refractivity contribution in [2.45, 2.75) is 43.6 Å². The first-order valence-electron chi connectivity index (χ1n) is 12.8. The van der Waals surface area contributed by atoms with Crippen LogP contribution in [0, 0.1) is 5.82 Å². The van der Waals surface area contributed by atoms with Crippen LogP contribution in [0.2, 0.25) is 0 Å². The molecule has 0 spiro atoms. The van der Waals surface area contributed by atoms with Crippen LogP contribution in [-0.2, 0) is 32.1 Å². The molecule has 3 N–H and O–H groups in total. The lowest BCUT2D eigenvalue weighted by atomic mass is 9.83. The van der Waals surface area contributed by atoms with Crippen LogP contribution < -0.4 is 11.1 Å². The van der Waals surface area contributed by atoms with Crippen LogP contribution in [0.1, 0.15) is 25.0 Å². The molecule has 0 unspecified atom stereocenters. The molecule has 0 bridgehead atoms. The number of hydrogen-bond donors (Lipinski definition) is 2. The Morgan fingerprint density at radius 1 is 1.15 bits per heavy atom. The van der Waals surface area contributed by atoms with E-state index in [1.165, 1.54) is 23.9 Å². The van der Waals surface area contributed by atoms with Gasteiger partial charge in [-0.15, -0.1) is 11.8 Å². The van der Waals surface area contributed by atoms with Crippen molar-refractivity contribution in [1.82, 2.24) is 15.1 Å². The van der Waals surface area contributed by atoms with Crippen molar-refractivity contribution in [1.29, 1.82) is 0 Å². The van der Waals surface area contributed by atoms with Crippen molar-refractivity contribution in [2.75, 3.05) is 32.5 Å². The number of nitrogens with zero attached hydrogens (tertiary/aromatic N) is 2. The number of ketones is 1. The minimum Gasteiger partial charge on any atom is -0.372 e. The summed E-state index contributed by atoms with van der Waals surface area (Å²) in [7, 11) is 0. The van der Waals surface area contributed by atoms with Crippen molar-refractivity contribution in [2.24, 2.45) is 5.73 Å². The van der Waals surface area contributed by atoms with Crippen molar-refractivity contribution < 1.29 is 23.5 Å². The second-order valence-electron chi connectivity index (χ2n) is 10.7. The Morgan fingerprint density at radius 3 is 2.46 bits per heavy atom. The fourth-order valence-electron chi connectivity index (χ4n) is 5.06. The van der Waals surface area contributed by atoms with E-state index in [0.29, 0.717) is 25.8 Å². The number of hydrogen-bond acceptors (Lipinski definition) is 8. The summed E-state index contributed by atoms with van der Waals surface area (Å²) in [5.41, 5.74) is 3.94. The Labute approximate surface area is 232 Å². The number of nitrogens with one attached hydrogen (secondary N) is 1. The van der Waals surface area contributed by atoms with E-state index in [2.05, 4.69) is 10.2 Å². The summed E-state index contributed by atoms with van der Waals surface area (Å²) < 4.78 is 19.6. The topological polar surface area (TPSA) is 105 Å². The van der Waals surface area contributed by atoms with Gasteiger partial charge in [-0.2, -0.15) is 0 Å². The van der Waals surface area contributed by atoms with Crippen LogP contribution in [0.15, 0.2) is 65.7 Å². The normalized spacial score (nSPS) is 21.2. The molecule has 1 fully saturated rings. The molecule has 4 rings (SSSR count). The molecule has 208 valence electrons. The van der Waals surface area contributed by atoms with Crippen LogP contribution in [0.4, 0.5) is 4.39 Å². The Kier molecular flexibility index (Phi) is 8.60. The first-order valence-corrected chi connectivity index (χ1v) is 14.0. The Hall–Kier alpha value is -3.05. The van der Waals surface area contributed by atoms with Crippen molar-refractivity contribution in [3.8, 4) is 0 Å². The van der Waals surface area contributed by atoms with E-state index in [9.17, 15) is 18.8 Å². The summed E-state index contributed by atoms with van der Waals surface area (Å²) in [5.74, 6) is -0.980. The SMILES string of the molecule is CSC1=CC(=O)[C@]2(Cc3ccc(F)cc3)CN([C@@](C=O)(COCc3ccccc3)NC(=O)C(C)(C)N)CCN12. The smallest absolute Gasteiger partial charge is 0.241 e. The van der Waals surface area contributed by atoms with Gasteiger partial charge in [-0.25, -0.2) is 4.39 Å². The maximum atomic E-state index is 13.7. The van der Waals surface area contributed by atoms with Crippen molar-refractivity contribution >= 4 is 29.7 Å². The molecular formula is C29H35FN4O4S. The molecule has 0 radical (unpaired) electrons. The number of benzene rings is 2. The molecule has 2 aliphatic rings. The van der Waals surface area contributed by atoms with E-state index in [-0.39, 0.29) is 31.4 Å². The van der Waals surface area contributed by atoms with Gasteiger partial charge in [-0.3, -0.25) is 19.3 Å². The lowest BCUT2D eigenvalue weighted by molar-refractivity contribution is -0.148. The maximum absolute atomic E-state index is 13.7. The molecule has 2 aliphatic heterocycles. The fourth-order valence-corrected chi connectivity index (χ4v) is 5.77. The molecule has 0 aromatic heterocycles. The van der Waals surface area contributed by atoms with Gasteiger partial charge in [0.2, 0.25) is 5.91 Å². The first kappa shape index (κ1) is 28.9. The zero-order valence-corrected chi connectivity index (χ0v) is 23.3. The number of rotatable bonds is 11. The predicted molar refractivity (Wildman–Crippen MR) is 149 cm³/mol. The Bertz CT molecular complexity index is 1230. The highest BCUT2D eigenvalue weighted by molar-refractivity contribution is 8.02. The number of thioether (sulfide) groups is 1. The Morgan fingerprint density at radius 2 is 1.85 bits per heavy atom. The van der Waals surface area contributed by atoms with Gasteiger partial charge >= 0.3 is 0 Å². The highest BCUT2D eigenvalue weighted by Crippen LogP contribution is 2.41. The molecule has 2 aromatic rings. The monoisotopic (exact) mass is 554 g/mol. The molecule has 2 atom stereocenters. The summed E-state index contributed by atoms with van der Waals surface area (Å²) in [6.45, 7) is 4.18. The second-order valence-corrected chi connectivity index (χ2v) is 11.5. The van der Waals surface area contributed by atoms with Crippen LogP contribution in [0.3, 0.4) is 0 Å². The zero-order valence-electron chi connectivity index (χ0n) is 22.5. The van der Waals surface area contributed by atoms with Gasteiger partial charge < -0.3 is 20.7 Å². The third-order valence-electron chi connectivity index (χ3n) is 7.27. The van der Waals surface area contributed by atoms with Crippen LogP contribution in [0.5, 0.6) is 0 Å². The highest BCUT2D eigenvalue weighted by atomic mass is 32.2. The number of aldehydes is 1. The molecule has 1 amide bonds. The largest absolute Gasteiger partial charge is 0.372 e. The average Bonchev–Trinajstić information content (AvgIpc) is 3.19.